The Hall–Kier alpha value is -2.35. The van der Waals surface area contributed by atoms with Crippen molar-refractivity contribution in [2.45, 2.75) is 32.2 Å². The van der Waals surface area contributed by atoms with E-state index in [1.165, 1.54) is 12.1 Å². The zero-order valence-corrected chi connectivity index (χ0v) is 14.6. The molecule has 1 amide bonds. The Morgan fingerprint density at radius 1 is 1.40 bits per heavy atom. The lowest BCUT2D eigenvalue weighted by Crippen LogP contribution is -2.35. The van der Waals surface area contributed by atoms with Crippen LogP contribution in [0.4, 0.5) is 0 Å². The van der Waals surface area contributed by atoms with Crippen molar-refractivity contribution in [3.8, 4) is 5.75 Å². The lowest BCUT2D eigenvalue weighted by molar-refractivity contribution is -0.121. The molecule has 1 aromatic carbocycles. The lowest BCUT2D eigenvalue weighted by atomic mass is 10.0. The highest BCUT2D eigenvalue weighted by Crippen LogP contribution is 2.23. The molecule has 0 spiro atoms. The van der Waals surface area contributed by atoms with E-state index in [0.717, 1.165) is 0 Å². The summed E-state index contributed by atoms with van der Waals surface area (Å²) in [6.07, 6.45) is 0.705. The average Bonchev–Trinajstić information content (AvgIpc) is 2.85. The summed E-state index contributed by atoms with van der Waals surface area (Å²) in [7, 11) is -3.05. The third-order valence-corrected chi connectivity index (χ3v) is 6.24. The van der Waals surface area contributed by atoms with Crippen LogP contribution in [0.2, 0.25) is 0 Å². The third-order valence-electron chi connectivity index (χ3n) is 4.47. The van der Waals surface area contributed by atoms with Crippen molar-refractivity contribution in [2.24, 2.45) is 0 Å². The Bertz CT molecular complexity index is 992. The Kier molecular flexibility index (Phi) is 4.55. The van der Waals surface area contributed by atoms with Gasteiger partial charge in [0, 0.05) is 29.5 Å². The first-order valence-electron chi connectivity index (χ1n) is 8.00. The molecule has 0 radical (unpaired) electrons. The van der Waals surface area contributed by atoms with E-state index in [0.29, 0.717) is 28.5 Å². The maximum Gasteiger partial charge on any atom is 0.339 e. The second-order valence-electron chi connectivity index (χ2n) is 6.34. The molecule has 25 heavy (non-hydrogen) atoms. The van der Waals surface area contributed by atoms with Gasteiger partial charge in [-0.05, 0) is 37.5 Å². The van der Waals surface area contributed by atoms with Gasteiger partial charge < -0.3 is 14.8 Å². The highest BCUT2D eigenvalue weighted by atomic mass is 32.2. The molecule has 2 heterocycles. The van der Waals surface area contributed by atoms with E-state index in [9.17, 15) is 23.1 Å². The van der Waals surface area contributed by atoms with E-state index >= 15 is 0 Å². The van der Waals surface area contributed by atoms with Gasteiger partial charge in [-0.3, -0.25) is 4.79 Å². The molecule has 7 nitrogen and oxygen atoms in total. The van der Waals surface area contributed by atoms with Gasteiger partial charge in [-0.2, -0.15) is 0 Å². The molecule has 1 aliphatic rings. The lowest BCUT2D eigenvalue weighted by Gasteiger charge is -2.11. The molecule has 1 atom stereocenters. The first kappa shape index (κ1) is 17.5. The van der Waals surface area contributed by atoms with Crippen molar-refractivity contribution in [1.29, 1.82) is 0 Å². The topological polar surface area (TPSA) is 114 Å². The van der Waals surface area contributed by atoms with Gasteiger partial charge in [-0.15, -0.1) is 0 Å². The summed E-state index contributed by atoms with van der Waals surface area (Å²) in [6.45, 7) is 1.77. The van der Waals surface area contributed by atoms with Crippen molar-refractivity contribution in [3.63, 3.8) is 0 Å². The molecule has 2 aromatic rings. The fourth-order valence-electron chi connectivity index (χ4n) is 3.12. The van der Waals surface area contributed by atoms with Crippen LogP contribution in [0.1, 0.15) is 24.0 Å². The number of aromatic hydroxyl groups is 1. The van der Waals surface area contributed by atoms with Crippen LogP contribution in [0.5, 0.6) is 5.75 Å². The summed E-state index contributed by atoms with van der Waals surface area (Å²) in [4.78, 5) is 24.2. The van der Waals surface area contributed by atoms with E-state index in [4.69, 9.17) is 4.42 Å². The predicted octanol–water partition coefficient (Wildman–Crippen LogP) is 1.04. The fraction of sp³-hybridized carbons (Fsp3) is 0.412. The van der Waals surface area contributed by atoms with Gasteiger partial charge in [0.2, 0.25) is 5.91 Å². The number of hydrogen-bond donors (Lipinski definition) is 2. The number of aryl methyl sites for hydroxylation is 1. The van der Waals surface area contributed by atoms with Crippen LogP contribution in [0.3, 0.4) is 0 Å². The molecule has 0 saturated carbocycles. The summed E-state index contributed by atoms with van der Waals surface area (Å²) in [5.74, 6) is -0.210. The highest BCUT2D eigenvalue weighted by Gasteiger charge is 2.28. The van der Waals surface area contributed by atoms with Gasteiger partial charge in [0.25, 0.3) is 0 Å². The van der Waals surface area contributed by atoms with Crippen molar-refractivity contribution in [2.75, 3.05) is 11.5 Å². The summed E-state index contributed by atoms with van der Waals surface area (Å²) in [6, 6.07) is 4.19. The first-order chi connectivity index (χ1) is 11.7. The summed E-state index contributed by atoms with van der Waals surface area (Å²) >= 11 is 0. The molecule has 2 N–H and O–H groups in total. The van der Waals surface area contributed by atoms with E-state index in [-0.39, 0.29) is 42.0 Å². The average molecular weight is 365 g/mol. The molecule has 3 rings (SSSR count). The third kappa shape index (κ3) is 3.84. The number of fused-ring (bicyclic) bond motifs is 1. The van der Waals surface area contributed by atoms with Crippen LogP contribution in [0.25, 0.3) is 11.0 Å². The predicted molar refractivity (Wildman–Crippen MR) is 92.4 cm³/mol. The quantitative estimate of drug-likeness (QED) is 0.783. The summed E-state index contributed by atoms with van der Waals surface area (Å²) in [5.41, 5.74) is 0.883. The van der Waals surface area contributed by atoms with Crippen molar-refractivity contribution in [1.82, 2.24) is 5.32 Å². The number of rotatable bonds is 4. The van der Waals surface area contributed by atoms with Gasteiger partial charge in [0.1, 0.15) is 11.3 Å². The minimum Gasteiger partial charge on any atom is -0.508 e. The van der Waals surface area contributed by atoms with Crippen LogP contribution < -0.4 is 10.9 Å². The molecule has 1 fully saturated rings. The standard InChI is InChI=1S/C17H19NO6S/c1-10-13-3-2-12(19)8-15(13)24-17(21)14(10)4-5-16(20)18-11-6-7-25(22,23)9-11/h2-3,8,11,19H,4-7,9H2,1H3,(H,18,20)/t11-/m0/s1. The zero-order chi connectivity index (χ0) is 18.2. The first-order valence-corrected chi connectivity index (χ1v) is 9.82. The second-order valence-corrected chi connectivity index (χ2v) is 8.57. The summed E-state index contributed by atoms with van der Waals surface area (Å²) in [5, 5.41) is 12.9. The number of carbonyl (C=O) groups is 1. The van der Waals surface area contributed by atoms with Gasteiger partial charge >= 0.3 is 5.63 Å². The molecule has 0 unspecified atom stereocenters. The molecule has 134 valence electrons. The van der Waals surface area contributed by atoms with Crippen LogP contribution in [0.15, 0.2) is 27.4 Å². The number of phenols is 1. The van der Waals surface area contributed by atoms with E-state index in [1.54, 1.807) is 13.0 Å². The van der Waals surface area contributed by atoms with E-state index < -0.39 is 15.5 Å². The maximum absolute atomic E-state index is 12.1. The van der Waals surface area contributed by atoms with Crippen LogP contribution >= 0.6 is 0 Å². The van der Waals surface area contributed by atoms with Gasteiger partial charge in [-0.1, -0.05) is 0 Å². The number of amides is 1. The monoisotopic (exact) mass is 365 g/mol. The number of sulfone groups is 1. The summed E-state index contributed by atoms with van der Waals surface area (Å²) < 4.78 is 28.1. The Balaban J connectivity index is 1.72. The fourth-order valence-corrected chi connectivity index (χ4v) is 4.79. The van der Waals surface area contributed by atoms with Crippen LogP contribution in [-0.2, 0) is 21.1 Å². The Labute approximate surface area is 144 Å². The van der Waals surface area contributed by atoms with Crippen LogP contribution in [0, 0.1) is 6.92 Å². The molecular weight excluding hydrogens is 346 g/mol. The molecule has 0 aliphatic carbocycles. The van der Waals surface area contributed by atoms with E-state index in [1.807, 2.05) is 0 Å². The van der Waals surface area contributed by atoms with Crippen molar-refractivity contribution in [3.05, 3.63) is 39.7 Å². The molecule has 1 saturated heterocycles. The Morgan fingerprint density at radius 3 is 2.84 bits per heavy atom. The normalized spacial score (nSPS) is 19.2. The zero-order valence-electron chi connectivity index (χ0n) is 13.7. The number of phenolic OH excluding ortho intramolecular Hbond substituents is 1. The SMILES string of the molecule is Cc1c(CCC(=O)N[C@H]2CCS(=O)(=O)C2)c(=O)oc2cc(O)ccc12. The molecule has 1 aliphatic heterocycles. The maximum atomic E-state index is 12.1. The second kappa shape index (κ2) is 6.51. The Morgan fingerprint density at radius 2 is 2.16 bits per heavy atom. The largest absolute Gasteiger partial charge is 0.508 e. The van der Waals surface area contributed by atoms with Crippen LogP contribution in [-0.4, -0.2) is 37.0 Å². The number of benzene rings is 1. The highest BCUT2D eigenvalue weighted by molar-refractivity contribution is 7.91. The molecule has 1 aromatic heterocycles. The molecule has 8 heteroatoms. The minimum atomic E-state index is -3.05. The van der Waals surface area contributed by atoms with Crippen molar-refractivity contribution >= 4 is 26.7 Å². The van der Waals surface area contributed by atoms with E-state index in [2.05, 4.69) is 5.32 Å². The molecule has 0 bridgehead atoms. The minimum absolute atomic E-state index is 0.00805. The number of hydrogen-bond acceptors (Lipinski definition) is 6. The van der Waals surface area contributed by atoms with Gasteiger partial charge in [0.15, 0.2) is 9.84 Å². The van der Waals surface area contributed by atoms with Gasteiger partial charge in [0.05, 0.1) is 11.5 Å². The van der Waals surface area contributed by atoms with Gasteiger partial charge in [-0.25, -0.2) is 13.2 Å². The molecular formula is C17H19NO6S. The number of nitrogens with one attached hydrogen (secondary N) is 1. The van der Waals surface area contributed by atoms with Crippen molar-refractivity contribution < 1.29 is 22.7 Å². The number of carbonyl (C=O) groups excluding carboxylic acids is 1. The smallest absolute Gasteiger partial charge is 0.339 e.